The molecule has 2 fully saturated rings. The highest BCUT2D eigenvalue weighted by Crippen LogP contribution is 2.28. The number of hydrogen-bond acceptors (Lipinski definition) is 4. The van der Waals surface area contributed by atoms with Crippen LogP contribution in [0.5, 0.6) is 0 Å². The zero-order valence-electron chi connectivity index (χ0n) is 15.1. The van der Waals surface area contributed by atoms with Gasteiger partial charge in [-0.05, 0) is 44.9 Å². The van der Waals surface area contributed by atoms with Crippen LogP contribution < -0.4 is 5.32 Å². The Labute approximate surface area is 159 Å². The second-order valence-electron chi connectivity index (χ2n) is 7.18. The van der Waals surface area contributed by atoms with E-state index >= 15 is 0 Å². The van der Waals surface area contributed by atoms with Crippen molar-refractivity contribution in [2.24, 2.45) is 0 Å². The van der Waals surface area contributed by atoms with E-state index in [1.165, 1.54) is 16.4 Å². The van der Waals surface area contributed by atoms with Gasteiger partial charge in [0.05, 0.1) is 17.2 Å². The van der Waals surface area contributed by atoms with Gasteiger partial charge in [0, 0.05) is 24.7 Å². The number of nitrogens with one attached hydrogen (secondary N) is 1. The lowest BCUT2D eigenvalue weighted by atomic mass is 10.2. The highest BCUT2D eigenvalue weighted by molar-refractivity contribution is 7.89. The average molecular weight is 401 g/mol. The van der Waals surface area contributed by atoms with Crippen molar-refractivity contribution in [3.8, 4) is 0 Å². The van der Waals surface area contributed by atoms with Gasteiger partial charge in [-0.3, -0.25) is 4.79 Å². The van der Waals surface area contributed by atoms with Crippen LogP contribution in [0.2, 0.25) is 5.02 Å². The molecule has 1 aromatic carbocycles. The Kier molecular flexibility index (Phi) is 5.91. The zero-order valence-corrected chi connectivity index (χ0v) is 16.6. The Balaban J connectivity index is 1.85. The normalized spacial score (nSPS) is 25.3. The highest BCUT2D eigenvalue weighted by atomic mass is 35.5. The van der Waals surface area contributed by atoms with Crippen LogP contribution >= 0.6 is 11.6 Å². The molecule has 2 unspecified atom stereocenters. The third-order valence-electron chi connectivity index (χ3n) is 4.89. The molecule has 0 spiro atoms. The third-order valence-corrected chi connectivity index (χ3v) is 7.20. The van der Waals surface area contributed by atoms with Gasteiger partial charge in [-0.2, -0.15) is 4.31 Å². The average Bonchev–Trinajstić information content (AvgIpc) is 3.07. The summed E-state index contributed by atoms with van der Waals surface area (Å²) in [5.41, 5.74) is 0.314. The minimum Gasteiger partial charge on any atom is -0.373 e. The van der Waals surface area contributed by atoms with Crippen molar-refractivity contribution in [1.29, 1.82) is 0 Å². The van der Waals surface area contributed by atoms with Gasteiger partial charge in [0.15, 0.2) is 0 Å². The molecule has 3 rings (SSSR count). The van der Waals surface area contributed by atoms with E-state index in [1.54, 1.807) is 6.07 Å². The molecule has 1 aromatic rings. The summed E-state index contributed by atoms with van der Waals surface area (Å²) in [5.74, 6) is -0.256. The third kappa shape index (κ3) is 4.22. The molecule has 0 bridgehead atoms. The Morgan fingerprint density at radius 1 is 1.19 bits per heavy atom. The Bertz CT molecular complexity index is 767. The summed E-state index contributed by atoms with van der Waals surface area (Å²) < 4.78 is 33.1. The smallest absolute Gasteiger partial charge is 0.251 e. The lowest BCUT2D eigenvalue weighted by molar-refractivity contribution is -0.0440. The molecular weight excluding hydrogens is 376 g/mol. The predicted octanol–water partition coefficient (Wildman–Crippen LogP) is 2.81. The standard InChI is InChI=1S/C18H25ClN2O4S/c1-12-10-21(11-13(2)25-12)26(23,24)17-9-14(7-8-16(17)19)18(22)20-15-5-3-4-6-15/h7-9,12-13,15H,3-6,10-11H2,1-2H3,(H,20,22). The number of ether oxygens (including phenoxy) is 1. The van der Waals surface area contributed by atoms with Crippen molar-refractivity contribution in [1.82, 2.24) is 9.62 Å². The molecule has 1 saturated heterocycles. The van der Waals surface area contributed by atoms with Crippen LogP contribution in [-0.2, 0) is 14.8 Å². The number of carbonyl (C=O) groups is 1. The van der Waals surface area contributed by atoms with Crippen LogP contribution in [0.3, 0.4) is 0 Å². The summed E-state index contributed by atoms with van der Waals surface area (Å²) in [6.45, 7) is 4.21. The minimum absolute atomic E-state index is 0.0282. The van der Waals surface area contributed by atoms with Crippen molar-refractivity contribution in [2.45, 2.75) is 62.7 Å². The van der Waals surface area contributed by atoms with Crippen LogP contribution in [0.4, 0.5) is 0 Å². The first-order valence-corrected chi connectivity index (χ1v) is 10.8. The molecular formula is C18H25ClN2O4S. The monoisotopic (exact) mass is 400 g/mol. The molecule has 1 heterocycles. The highest BCUT2D eigenvalue weighted by Gasteiger charge is 2.34. The van der Waals surface area contributed by atoms with Gasteiger partial charge >= 0.3 is 0 Å². The predicted molar refractivity (Wildman–Crippen MR) is 99.9 cm³/mol. The fraction of sp³-hybridized carbons (Fsp3) is 0.611. The number of rotatable bonds is 4. The number of amides is 1. The topological polar surface area (TPSA) is 75.7 Å². The quantitative estimate of drug-likeness (QED) is 0.843. The summed E-state index contributed by atoms with van der Waals surface area (Å²) in [5, 5.41) is 3.10. The lowest BCUT2D eigenvalue weighted by Gasteiger charge is -2.34. The van der Waals surface area contributed by atoms with Gasteiger partial charge in [-0.1, -0.05) is 24.4 Å². The number of nitrogens with zero attached hydrogens (tertiary/aromatic N) is 1. The number of morpholine rings is 1. The minimum atomic E-state index is -3.80. The molecule has 1 N–H and O–H groups in total. The molecule has 6 nitrogen and oxygen atoms in total. The van der Waals surface area contributed by atoms with Crippen LogP contribution in [0, 0.1) is 0 Å². The molecule has 26 heavy (non-hydrogen) atoms. The maximum Gasteiger partial charge on any atom is 0.251 e. The summed E-state index contributed by atoms with van der Waals surface area (Å²) in [4.78, 5) is 12.5. The molecule has 1 aliphatic heterocycles. The molecule has 144 valence electrons. The first kappa shape index (κ1) is 19.6. The number of hydrogen-bond donors (Lipinski definition) is 1. The molecule has 1 saturated carbocycles. The van der Waals surface area contributed by atoms with Crippen molar-refractivity contribution >= 4 is 27.5 Å². The molecule has 2 aliphatic rings. The summed E-state index contributed by atoms with van der Waals surface area (Å²) in [7, 11) is -3.80. The van der Waals surface area contributed by atoms with E-state index in [9.17, 15) is 13.2 Å². The lowest BCUT2D eigenvalue weighted by Crippen LogP contribution is -2.48. The number of benzene rings is 1. The largest absolute Gasteiger partial charge is 0.373 e. The van der Waals surface area contributed by atoms with Crippen molar-refractivity contribution in [3.63, 3.8) is 0 Å². The van der Waals surface area contributed by atoms with Gasteiger partial charge < -0.3 is 10.1 Å². The van der Waals surface area contributed by atoms with Crippen LogP contribution in [0.15, 0.2) is 23.1 Å². The SMILES string of the molecule is CC1CN(S(=O)(=O)c2cc(C(=O)NC3CCCC3)ccc2Cl)CC(C)O1. The molecule has 1 amide bonds. The fourth-order valence-corrected chi connectivity index (χ4v) is 5.74. The molecule has 8 heteroatoms. The maximum atomic E-state index is 13.1. The van der Waals surface area contributed by atoms with Crippen LogP contribution in [-0.4, -0.2) is 50.0 Å². The van der Waals surface area contributed by atoms with E-state index in [2.05, 4.69) is 5.32 Å². The van der Waals surface area contributed by atoms with Crippen molar-refractivity contribution in [2.75, 3.05) is 13.1 Å². The van der Waals surface area contributed by atoms with Crippen molar-refractivity contribution in [3.05, 3.63) is 28.8 Å². The van der Waals surface area contributed by atoms with E-state index in [-0.39, 0.29) is 47.2 Å². The molecule has 2 atom stereocenters. The Morgan fingerprint density at radius 2 is 1.81 bits per heavy atom. The van der Waals surface area contributed by atoms with Gasteiger partial charge in [0.2, 0.25) is 10.0 Å². The van der Waals surface area contributed by atoms with Gasteiger partial charge in [-0.25, -0.2) is 8.42 Å². The van der Waals surface area contributed by atoms with E-state index in [4.69, 9.17) is 16.3 Å². The van der Waals surface area contributed by atoms with E-state index in [0.717, 1.165) is 25.7 Å². The Hall–Kier alpha value is -1.15. The first-order chi connectivity index (χ1) is 12.3. The molecule has 1 aliphatic carbocycles. The summed E-state index contributed by atoms with van der Waals surface area (Å²) >= 11 is 6.18. The van der Waals surface area contributed by atoms with Gasteiger partial charge in [0.25, 0.3) is 5.91 Å². The number of sulfonamides is 1. The molecule has 0 radical (unpaired) electrons. The second kappa shape index (κ2) is 7.84. The zero-order chi connectivity index (χ0) is 18.9. The fourth-order valence-electron chi connectivity index (χ4n) is 3.65. The van der Waals surface area contributed by atoms with E-state index in [1.807, 2.05) is 13.8 Å². The van der Waals surface area contributed by atoms with Crippen molar-refractivity contribution < 1.29 is 17.9 Å². The van der Waals surface area contributed by atoms with Crippen LogP contribution in [0.1, 0.15) is 49.9 Å². The second-order valence-corrected chi connectivity index (χ2v) is 9.49. The Morgan fingerprint density at radius 3 is 2.42 bits per heavy atom. The van der Waals surface area contributed by atoms with E-state index in [0.29, 0.717) is 5.56 Å². The van der Waals surface area contributed by atoms with Gasteiger partial charge in [0.1, 0.15) is 4.90 Å². The van der Waals surface area contributed by atoms with E-state index < -0.39 is 10.0 Å². The first-order valence-electron chi connectivity index (χ1n) is 9.03. The number of carbonyl (C=O) groups excluding carboxylic acids is 1. The van der Waals surface area contributed by atoms with Crippen LogP contribution in [0.25, 0.3) is 0 Å². The van der Waals surface area contributed by atoms with Gasteiger partial charge in [-0.15, -0.1) is 0 Å². The molecule has 0 aromatic heterocycles. The summed E-state index contributed by atoms with van der Waals surface area (Å²) in [6.07, 6.45) is 3.77. The summed E-state index contributed by atoms with van der Waals surface area (Å²) in [6, 6.07) is 4.59. The number of halogens is 1. The maximum absolute atomic E-state index is 13.1.